The molecule has 0 fully saturated rings. The number of carboxylic acid groups (broad SMARTS) is 1. The van der Waals surface area contributed by atoms with Crippen LogP contribution in [0.1, 0.15) is 51.4 Å². The molecule has 0 heterocycles. The van der Waals surface area contributed by atoms with Gasteiger partial charge in [-0.3, -0.25) is 9.59 Å². The molecule has 9 nitrogen and oxygen atoms in total. The topological polar surface area (TPSA) is 148 Å². The number of nitrogens with two attached hydrogens (primary N) is 1. The molecule has 0 aliphatic carbocycles. The number of alkyl carbamates (subject to hydrolysis) is 1. The minimum absolute atomic E-state index is 0.120. The average Bonchev–Trinajstić information content (AvgIpc) is 2.56. The normalized spacial score (nSPS) is 13.3. The maximum Gasteiger partial charge on any atom is 0.408 e. The van der Waals surface area contributed by atoms with Gasteiger partial charge >= 0.3 is 12.1 Å². The summed E-state index contributed by atoms with van der Waals surface area (Å²) in [5.41, 5.74) is 5.23. The Balaban J connectivity index is 3.09. The van der Waals surface area contributed by atoms with Gasteiger partial charge in [0.1, 0.15) is 17.7 Å². The standard InChI is InChI=1S/C20H28ClN3O6/c1-10(2)16(18(27)28)24-17(26)14(23-19(29)30-20(3,4)5)9-15(25)12-7-6-11(21)8-13(12)22/h6-8,10,14,16H,9,22H2,1-5H3,(H,23,29)(H,24,26)(H,27,28). The molecule has 2 unspecified atom stereocenters. The van der Waals surface area contributed by atoms with Crippen LogP contribution in [-0.2, 0) is 14.3 Å². The van der Waals surface area contributed by atoms with E-state index in [0.717, 1.165) is 0 Å². The smallest absolute Gasteiger partial charge is 0.408 e. The van der Waals surface area contributed by atoms with Gasteiger partial charge in [0.25, 0.3) is 0 Å². The number of ketones is 1. The Hall–Kier alpha value is -2.81. The number of rotatable bonds is 8. The summed E-state index contributed by atoms with van der Waals surface area (Å²) >= 11 is 5.84. The highest BCUT2D eigenvalue weighted by Gasteiger charge is 2.31. The fourth-order valence-corrected chi connectivity index (χ4v) is 2.69. The number of hydrogen-bond acceptors (Lipinski definition) is 6. The maximum atomic E-state index is 12.7. The number of nitrogen functional groups attached to an aromatic ring is 1. The van der Waals surface area contributed by atoms with E-state index in [1.807, 2.05) is 0 Å². The van der Waals surface area contributed by atoms with E-state index in [1.54, 1.807) is 34.6 Å². The van der Waals surface area contributed by atoms with Crippen molar-refractivity contribution in [1.82, 2.24) is 10.6 Å². The predicted molar refractivity (Wildman–Crippen MR) is 112 cm³/mol. The quantitative estimate of drug-likeness (QED) is 0.358. The van der Waals surface area contributed by atoms with Crippen LogP contribution in [0.3, 0.4) is 0 Å². The number of amides is 2. The van der Waals surface area contributed by atoms with Crippen molar-refractivity contribution >= 4 is 41.0 Å². The molecule has 0 aliphatic heterocycles. The molecule has 1 aromatic rings. The van der Waals surface area contributed by atoms with Crippen LogP contribution < -0.4 is 16.4 Å². The molecule has 1 aromatic carbocycles. The average molecular weight is 442 g/mol. The van der Waals surface area contributed by atoms with Crippen LogP contribution in [0.2, 0.25) is 5.02 Å². The van der Waals surface area contributed by atoms with E-state index in [4.69, 9.17) is 22.1 Å². The van der Waals surface area contributed by atoms with Crippen LogP contribution in [0.4, 0.5) is 10.5 Å². The zero-order valence-corrected chi connectivity index (χ0v) is 18.4. The highest BCUT2D eigenvalue weighted by atomic mass is 35.5. The fraction of sp³-hybridized carbons (Fsp3) is 0.500. The van der Waals surface area contributed by atoms with Crippen molar-refractivity contribution in [1.29, 1.82) is 0 Å². The number of carbonyl (C=O) groups excluding carboxylic acids is 3. The fourth-order valence-electron chi connectivity index (χ4n) is 2.51. The van der Waals surface area contributed by atoms with Gasteiger partial charge in [-0.25, -0.2) is 9.59 Å². The van der Waals surface area contributed by atoms with Gasteiger partial charge in [-0.1, -0.05) is 25.4 Å². The van der Waals surface area contributed by atoms with Crippen LogP contribution in [0.15, 0.2) is 18.2 Å². The van der Waals surface area contributed by atoms with Crippen molar-refractivity contribution in [3.8, 4) is 0 Å². The van der Waals surface area contributed by atoms with E-state index in [9.17, 15) is 24.3 Å². The number of anilines is 1. The molecule has 10 heteroatoms. The number of nitrogens with one attached hydrogen (secondary N) is 2. The van der Waals surface area contributed by atoms with Crippen molar-refractivity contribution in [2.24, 2.45) is 5.92 Å². The van der Waals surface area contributed by atoms with Gasteiger partial charge in [-0.2, -0.15) is 0 Å². The van der Waals surface area contributed by atoms with E-state index in [1.165, 1.54) is 18.2 Å². The predicted octanol–water partition coefficient (Wildman–Crippen LogP) is 2.61. The molecule has 0 bridgehead atoms. The lowest BCUT2D eigenvalue weighted by atomic mass is 10.00. The van der Waals surface area contributed by atoms with Crippen molar-refractivity contribution in [3.05, 3.63) is 28.8 Å². The SMILES string of the molecule is CC(C)C(NC(=O)C(CC(=O)c1ccc(Cl)cc1N)NC(=O)OC(C)(C)C)C(=O)O. The van der Waals surface area contributed by atoms with Crippen LogP contribution in [0.25, 0.3) is 0 Å². The third-order valence-electron chi connectivity index (χ3n) is 3.94. The summed E-state index contributed by atoms with van der Waals surface area (Å²) in [5, 5.41) is 14.3. The Morgan fingerprint density at radius 2 is 1.77 bits per heavy atom. The number of halogens is 1. The summed E-state index contributed by atoms with van der Waals surface area (Å²) < 4.78 is 5.15. The first-order valence-electron chi connectivity index (χ1n) is 9.32. The van der Waals surface area contributed by atoms with Crippen molar-refractivity contribution < 1.29 is 29.0 Å². The molecule has 0 saturated carbocycles. The number of ether oxygens (including phenoxy) is 1. The second kappa shape index (κ2) is 10.3. The lowest BCUT2D eigenvalue weighted by Gasteiger charge is -2.25. The second-order valence-electron chi connectivity index (χ2n) is 8.13. The first-order valence-corrected chi connectivity index (χ1v) is 9.70. The summed E-state index contributed by atoms with van der Waals surface area (Å²) in [6.45, 7) is 8.16. The summed E-state index contributed by atoms with van der Waals surface area (Å²) in [6.07, 6.45) is -1.38. The third kappa shape index (κ3) is 7.90. The highest BCUT2D eigenvalue weighted by molar-refractivity contribution is 6.31. The Morgan fingerprint density at radius 1 is 1.17 bits per heavy atom. The lowest BCUT2D eigenvalue weighted by molar-refractivity contribution is -0.143. The van der Waals surface area contributed by atoms with Gasteiger partial charge < -0.3 is 26.2 Å². The van der Waals surface area contributed by atoms with Gasteiger partial charge in [0.2, 0.25) is 5.91 Å². The number of carboxylic acids is 1. The van der Waals surface area contributed by atoms with E-state index in [-0.39, 0.29) is 11.3 Å². The molecule has 0 spiro atoms. The summed E-state index contributed by atoms with van der Waals surface area (Å²) in [7, 11) is 0. The highest BCUT2D eigenvalue weighted by Crippen LogP contribution is 2.20. The molecule has 2 amide bonds. The molecular formula is C20H28ClN3O6. The van der Waals surface area contributed by atoms with Crippen molar-refractivity contribution in [2.45, 2.75) is 58.7 Å². The molecule has 0 aromatic heterocycles. The molecule has 0 saturated heterocycles. The van der Waals surface area contributed by atoms with Crippen LogP contribution in [0, 0.1) is 5.92 Å². The van der Waals surface area contributed by atoms with Gasteiger partial charge in [0, 0.05) is 22.7 Å². The number of benzene rings is 1. The Bertz CT molecular complexity index is 819. The van der Waals surface area contributed by atoms with Gasteiger partial charge in [0.15, 0.2) is 5.78 Å². The Kier molecular flexibility index (Phi) is 8.65. The molecular weight excluding hydrogens is 414 g/mol. The molecule has 2 atom stereocenters. The summed E-state index contributed by atoms with van der Waals surface area (Å²) in [6, 6.07) is 1.71. The van der Waals surface area contributed by atoms with E-state index >= 15 is 0 Å². The van der Waals surface area contributed by atoms with Crippen LogP contribution in [0.5, 0.6) is 0 Å². The first kappa shape index (κ1) is 25.2. The third-order valence-corrected chi connectivity index (χ3v) is 4.18. The monoisotopic (exact) mass is 441 g/mol. The van der Waals surface area contributed by atoms with E-state index < -0.39 is 53.8 Å². The number of aliphatic carboxylic acids is 1. The van der Waals surface area contributed by atoms with Crippen molar-refractivity contribution in [2.75, 3.05) is 5.73 Å². The molecule has 0 aliphatic rings. The largest absolute Gasteiger partial charge is 0.480 e. The Labute approximate surface area is 180 Å². The molecule has 0 radical (unpaired) electrons. The van der Waals surface area contributed by atoms with Crippen LogP contribution in [-0.4, -0.2) is 46.5 Å². The lowest BCUT2D eigenvalue weighted by Crippen LogP contribution is -2.54. The van der Waals surface area contributed by atoms with Gasteiger partial charge in [0.05, 0.1) is 0 Å². The molecule has 30 heavy (non-hydrogen) atoms. The molecule has 1 rings (SSSR count). The summed E-state index contributed by atoms with van der Waals surface area (Å²) in [4.78, 5) is 49.0. The number of hydrogen-bond donors (Lipinski definition) is 4. The summed E-state index contributed by atoms with van der Waals surface area (Å²) in [5.74, 6) is -3.02. The van der Waals surface area contributed by atoms with Crippen molar-refractivity contribution in [3.63, 3.8) is 0 Å². The molecule has 5 N–H and O–H groups in total. The first-order chi connectivity index (χ1) is 13.7. The zero-order chi connectivity index (χ0) is 23.2. The second-order valence-corrected chi connectivity index (χ2v) is 8.56. The minimum atomic E-state index is -1.37. The van der Waals surface area contributed by atoms with E-state index in [2.05, 4.69) is 10.6 Å². The number of Topliss-reactive ketones (excluding diaryl/α,β-unsaturated/α-hetero) is 1. The van der Waals surface area contributed by atoms with Gasteiger partial charge in [-0.05, 0) is 44.9 Å². The minimum Gasteiger partial charge on any atom is -0.480 e. The van der Waals surface area contributed by atoms with Crippen LogP contribution >= 0.6 is 11.6 Å². The number of carbonyl (C=O) groups is 4. The van der Waals surface area contributed by atoms with Gasteiger partial charge in [-0.15, -0.1) is 0 Å². The van der Waals surface area contributed by atoms with E-state index in [0.29, 0.717) is 5.02 Å². The Morgan fingerprint density at radius 3 is 2.23 bits per heavy atom. The maximum absolute atomic E-state index is 12.7. The molecule has 166 valence electrons. The zero-order valence-electron chi connectivity index (χ0n) is 17.6.